The van der Waals surface area contributed by atoms with E-state index in [0.717, 1.165) is 0 Å². The van der Waals surface area contributed by atoms with Gasteiger partial charge in [-0.2, -0.15) is 0 Å². The number of azide groups is 1. The summed E-state index contributed by atoms with van der Waals surface area (Å²) in [6.07, 6.45) is 0.399. The second-order valence-electron chi connectivity index (χ2n) is 2.08. The van der Waals surface area contributed by atoms with Crippen LogP contribution in [0.4, 0.5) is 0 Å². The molecule has 0 amide bonds. The lowest BCUT2D eigenvalue weighted by molar-refractivity contribution is 0.0868. The molecule has 10 heavy (non-hydrogen) atoms. The predicted octanol–water partition coefficient (Wildman–Crippen LogP) is 0.608. The van der Waals surface area contributed by atoms with E-state index in [-0.39, 0.29) is 18.8 Å². The highest BCUT2D eigenvalue weighted by Gasteiger charge is 2.23. The highest BCUT2D eigenvalue weighted by Crippen LogP contribution is 2.19. The van der Waals surface area contributed by atoms with Crippen molar-refractivity contribution in [1.82, 2.24) is 0 Å². The molecule has 0 aromatic heterocycles. The summed E-state index contributed by atoms with van der Waals surface area (Å²) >= 11 is 0. The van der Waals surface area contributed by atoms with Crippen LogP contribution >= 0.6 is 0 Å². The third-order valence-corrected chi connectivity index (χ3v) is 1.34. The van der Waals surface area contributed by atoms with Gasteiger partial charge < -0.3 is 9.84 Å². The van der Waals surface area contributed by atoms with Crippen molar-refractivity contribution in [2.75, 3.05) is 6.61 Å². The van der Waals surface area contributed by atoms with E-state index in [1.165, 1.54) is 6.61 Å². The summed E-state index contributed by atoms with van der Waals surface area (Å²) in [5.74, 6) is 0. The number of aliphatic hydroxyl groups is 1. The lowest BCUT2D eigenvalue weighted by atomic mass is 10.2. The van der Waals surface area contributed by atoms with E-state index in [9.17, 15) is 0 Å². The molecule has 2 atom stereocenters. The maximum absolute atomic E-state index is 8.57. The van der Waals surface area contributed by atoms with Gasteiger partial charge in [0.2, 0.25) is 0 Å². The van der Waals surface area contributed by atoms with Gasteiger partial charge in [0.15, 0.2) is 0 Å². The molecule has 5 nitrogen and oxygen atoms in total. The first-order chi connectivity index (χ1) is 4.86. The van der Waals surface area contributed by atoms with E-state index in [1.54, 1.807) is 0 Å². The van der Waals surface area contributed by atoms with E-state index in [0.29, 0.717) is 6.42 Å². The third-order valence-electron chi connectivity index (χ3n) is 1.34. The van der Waals surface area contributed by atoms with Crippen LogP contribution in [0.1, 0.15) is 6.42 Å². The number of hydrogen-bond donors (Lipinski definition) is 1. The zero-order valence-electron chi connectivity index (χ0n) is 5.34. The Balaban J connectivity index is 2.35. The minimum absolute atomic E-state index is 0.0199. The Morgan fingerprint density at radius 2 is 2.70 bits per heavy atom. The molecule has 0 spiro atoms. The van der Waals surface area contributed by atoms with Crippen molar-refractivity contribution in [3.8, 4) is 0 Å². The van der Waals surface area contributed by atoms with E-state index >= 15 is 0 Å². The number of rotatable bonds is 2. The Morgan fingerprint density at radius 3 is 3.20 bits per heavy atom. The number of nitrogens with zero attached hydrogens (tertiary/aromatic N) is 3. The molecule has 0 aromatic rings. The molecular formula is C5H8N3O2. The van der Waals surface area contributed by atoms with Crippen LogP contribution in [-0.4, -0.2) is 23.9 Å². The molecule has 1 radical (unpaired) electrons. The van der Waals surface area contributed by atoms with Gasteiger partial charge >= 0.3 is 0 Å². The summed E-state index contributed by atoms with van der Waals surface area (Å²) in [4.78, 5) is 2.62. The zero-order valence-corrected chi connectivity index (χ0v) is 5.34. The van der Waals surface area contributed by atoms with E-state index in [4.69, 9.17) is 15.4 Å². The van der Waals surface area contributed by atoms with Crippen molar-refractivity contribution < 1.29 is 9.84 Å². The standard InChI is InChI=1S/C5H8N3O2/c6-8-7-4-1-5(2-9)10-3-4/h3-5,9H,1-2H2/t4-,5-/m0/s1. The molecule has 0 saturated carbocycles. The number of aliphatic hydroxyl groups excluding tert-OH is 1. The molecular weight excluding hydrogens is 134 g/mol. The van der Waals surface area contributed by atoms with Crippen LogP contribution in [0.2, 0.25) is 0 Å². The molecule has 1 aliphatic rings. The van der Waals surface area contributed by atoms with Gasteiger partial charge in [0.1, 0.15) is 0 Å². The Kier molecular flexibility index (Phi) is 2.50. The molecule has 55 valence electrons. The fourth-order valence-electron chi connectivity index (χ4n) is 0.841. The molecule has 0 bridgehead atoms. The monoisotopic (exact) mass is 142 g/mol. The maximum Gasteiger partial charge on any atom is 0.0931 e. The fourth-order valence-corrected chi connectivity index (χ4v) is 0.841. The third kappa shape index (κ3) is 1.60. The molecule has 1 aliphatic heterocycles. The molecule has 1 heterocycles. The van der Waals surface area contributed by atoms with Gasteiger partial charge in [-0.25, -0.2) is 0 Å². The zero-order chi connectivity index (χ0) is 7.40. The van der Waals surface area contributed by atoms with E-state index in [2.05, 4.69) is 10.0 Å². The van der Waals surface area contributed by atoms with Crippen LogP contribution in [0, 0.1) is 6.61 Å². The van der Waals surface area contributed by atoms with Crippen molar-refractivity contribution in [3.05, 3.63) is 17.0 Å². The van der Waals surface area contributed by atoms with Gasteiger partial charge in [0.25, 0.3) is 0 Å². The van der Waals surface area contributed by atoms with Gasteiger partial charge in [-0.3, -0.25) is 0 Å². The fraction of sp³-hybridized carbons (Fsp3) is 0.800. The Labute approximate surface area is 58.2 Å². The summed E-state index contributed by atoms with van der Waals surface area (Å²) in [5.41, 5.74) is 8.01. The lowest BCUT2D eigenvalue weighted by Gasteiger charge is -2.00. The first-order valence-electron chi connectivity index (χ1n) is 3.00. The van der Waals surface area contributed by atoms with Crippen LogP contribution in [0.25, 0.3) is 10.4 Å². The summed E-state index contributed by atoms with van der Waals surface area (Å²) in [7, 11) is 0. The van der Waals surface area contributed by atoms with Crippen molar-refractivity contribution in [1.29, 1.82) is 0 Å². The lowest BCUT2D eigenvalue weighted by Crippen LogP contribution is -2.10. The number of hydrogen-bond acceptors (Lipinski definition) is 3. The van der Waals surface area contributed by atoms with Gasteiger partial charge in [-0.05, 0) is 12.0 Å². The quantitative estimate of drug-likeness (QED) is 0.348. The summed E-state index contributed by atoms with van der Waals surface area (Å²) in [6.45, 7) is 1.44. The SMILES string of the molecule is [N-]=[N+]=N[C@@H]1[CH]O[C@H](CO)C1. The summed E-state index contributed by atoms with van der Waals surface area (Å²) in [5, 5.41) is 12.0. The van der Waals surface area contributed by atoms with Crippen LogP contribution in [0.15, 0.2) is 5.11 Å². The maximum atomic E-state index is 8.57. The first kappa shape index (κ1) is 7.34. The van der Waals surface area contributed by atoms with Gasteiger partial charge in [-0.1, -0.05) is 5.11 Å². The van der Waals surface area contributed by atoms with Gasteiger partial charge in [0.05, 0.1) is 25.4 Å². The molecule has 1 N–H and O–H groups in total. The molecule has 1 rings (SSSR count). The summed E-state index contributed by atoms with van der Waals surface area (Å²) in [6, 6.07) is -0.206. The second kappa shape index (κ2) is 3.41. The highest BCUT2D eigenvalue weighted by molar-refractivity contribution is 4.86. The number of ether oxygens (including phenoxy) is 1. The molecule has 0 aromatic carbocycles. The first-order valence-corrected chi connectivity index (χ1v) is 3.00. The molecule has 1 fully saturated rings. The van der Waals surface area contributed by atoms with Crippen molar-refractivity contribution in [2.45, 2.75) is 18.6 Å². The van der Waals surface area contributed by atoms with Gasteiger partial charge in [0, 0.05) is 4.91 Å². The predicted molar refractivity (Wildman–Crippen MR) is 33.8 cm³/mol. The second-order valence-corrected chi connectivity index (χ2v) is 2.08. The largest absolute Gasteiger partial charge is 0.394 e. The average molecular weight is 142 g/mol. The Hall–Kier alpha value is -0.770. The topological polar surface area (TPSA) is 78.2 Å². The average Bonchev–Trinajstić information content (AvgIpc) is 2.37. The van der Waals surface area contributed by atoms with E-state index < -0.39 is 0 Å². The molecule has 5 heteroatoms. The van der Waals surface area contributed by atoms with Gasteiger partial charge in [-0.15, -0.1) is 0 Å². The molecule has 1 saturated heterocycles. The summed E-state index contributed by atoms with van der Waals surface area (Å²) < 4.78 is 4.93. The van der Waals surface area contributed by atoms with Crippen molar-refractivity contribution in [3.63, 3.8) is 0 Å². The van der Waals surface area contributed by atoms with E-state index in [1.807, 2.05) is 0 Å². The van der Waals surface area contributed by atoms with Crippen LogP contribution in [0.3, 0.4) is 0 Å². The van der Waals surface area contributed by atoms with Crippen LogP contribution in [-0.2, 0) is 4.74 Å². The molecule has 0 unspecified atom stereocenters. The van der Waals surface area contributed by atoms with Crippen LogP contribution in [0.5, 0.6) is 0 Å². The Bertz CT molecular complexity index is 155. The Morgan fingerprint density at radius 1 is 1.90 bits per heavy atom. The molecule has 0 aliphatic carbocycles. The smallest absolute Gasteiger partial charge is 0.0931 e. The van der Waals surface area contributed by atoms with Crippen molar-refractivity contribution in [2.24, 2.45) is 5.11 Å². The van der Waals surface area contributed by atoms with Crippen LogP contribution < -0.4 is 0 Å². The minimum atomic E-state index is -0.206. The normalized spacial score (nSPS) is 31.7. The van der Waals surface area contributed by atoms with Crippen molar-refractivity contribution >= 4 is 0 Å². The minimum Gasteiger partial charge on any atom is -0.394 e. The highest BCUT2D eigenvalue weighted by atomic mass is 16.5.